The molecule has 0 aliphatic carbocycles. The van der Waals surface area contributed by atoms with Crippen LogP contribution >= 0.6 is 0 Å². The van der Waals surface area contributed by atoms with Crippen molar-refractivity contribution in [1.82, 2.24) is 9.97 Å². The Morgan fingerprint density at radius 2 is 2.00 bits per heavy atom. The molecule has 0 fully saturated rings. The van der Waals surface area contributed by atoms with Gasteiger partial charge in [-0.15, -0.1) is 0 Å². The van der Waals surface area contributed by atoms with Crippen LogP contribution in [0, 0.1) is 13.8 Å². The first-order valence-corrected chi connectivity index (χ1v) is 5.72. The van der Waals surface area contributed by atoms with Gasteiger partial charge in [-0.25, -0.2) is 4.98 Å². The Morgan fingerprint density at radius 1 is 1.29 bits per heavy atom. The Kier molecular flexibility index (Phi) is 4.18. The summed E-state index contributed by atoms with van der Waals surface area (Å²) in [5, 5.41) is 0. The molecule has 1 N–H and O–H groups in total. The number of hydrogen-bond acceptors (Lipinski definition) is 1. The van der Waals surface area contributed by atoms with Crippen LogP contribution in [0.15, 0.2) is 0 Å². The van der Waals surface area contributed by atoms with Crippen LogP contribution in [0.2, 0.25) is 0 Å². The first-order valence-electron chi connectivity index (χ1n) is 5.72. The van der Waals surface area contributed by atoms with Crippen LogP contribution in [0.4, 0.5) is 0 Å². The highest BCUT2D eigenvalue weighted by Gasteiger charge is 2.13. The average molecular weight is 194 g/mol. The standard InChI is InChI=1S/C12H22N2/c1-5-7-8-11(6-2)12-13-9(3)10(4)14-12/h11H,5-8H2,1-4H3,(H,13,14). The molecule has 1 atom stereocenters. The lowest BCUT2D eigenvalue weighted by atomic mass is 9.99. The van der Waals surface area contributed by atoms with E-state index < -0.39 is 0 Å². The molecule has 1 unspecified atom stereocenters. The molecule has 14 heavy (non-hydrogen) atoms. The molecular weight excluding hydrogens is 172 g/mol. The lowest BCUT2D eigenvalue weighted by Gasteiger charge is -2.10. The van der Waals surface area contributed by atoms with Crippen LogP contribution in [-0.2, 0) is 0 Å². The molecule has 0 aromatic carbocycles. The summed E-state index contributed by atoms with van der Waals surface area (Å²) in [5.41, 5.74) is 2.37. The van der Waals surface area contributed by atoms with E-state index in [1.54, 1.807) is 0 Å². The first kappa shape index (κ1) is 11.3. The molecule has 1 rings (SSSR count). The maximum absolute atomic E-state index is 4.58. The molecule has 0 spiro atoms. The summed E-state index contributed by atoms with van der Waals surface area (Å²) < 4.78 is 0. The van der Waals surface area contributed by atoms with E-state index in [4.69, 9.17) is 0 Å². The summed E-state index contributed by atoms with van der Waals surface area (Å²) in [7, 11) is 0. The highest BCUT2D eigenvalue weighted by atomic mass is 14.9. The second-order valence-corrected chi connectivity index (χ2v) is 4.08. The lowest BCUT2D eigenvalue weighted by molar-refractivity contribution is 0.547. The normalized spacial score (nSPS) is 13.1. The van der Waals surface area contributed by atoms with Gasteiger partial charge in [-0.05, 0) is 26.7 Å². The zero-order valence-electron chi connectivity index (χ0n) is 9.85. The molecule has 0 aliphatic heterocycles. The molecule has 0 radical (unpaired) electrons. The van der Waals surface area contributed by atoms with Crippen LogP contribution in [0.25, 0.3) is 0 Å². The van der Waals surface area contributed by atoms with Crippen molar-refractivity contribution in [2.45, 2.75) is 59.3 Å². The summed E-state index contributed by atoms with van der Waals surface area (Å²) in [6, 6.07) is 0. The summed E-state index contributed by atoms with van der Waals surface area (Å²) in [6.07, 6.45) is 5.03. The molecule has 1 heterocycles. The van der Waals surface area contributed by atoms with E-state index in [1.165, 1.54) is 37.2 Å². The Balaban J connectivity index is 2.68. The Bertz CT molecular complexity index is 256. The van der Waals surface area contributed by atoms with Crippen LogP contribution < -0.4 is 0 Å². The number of aryl methyl sites for hydroxylation is 2. The number of imidazole rings is 1. The van der Waals surface area contributed by atoms with E-state index in [0.29, 0.717) is 5.92 Å². The zero-order chi connectivity index (χ0) is 10.6. The molecule has 1 aromatic rings. The third-order valence-electron chi connectivity index (χ3n) is 2.93. The number of hydrogen-bond donors (Lipinski definition) is 1. The van der Waals surface area contributed by atoms with Crippen LogP contribution in [0.5, 0.6) is 0 Å². The minimum atomic E-state index is 0.627. The largest absolute Gasteiger partial charge is 0.346 e. The molecule has 2 nitrogen and oxygen atoms in total. The number of aromatic nitrogens is 2. The number of nitrogens with zero attached hydrogens (tertiary/aromatic N) is 1. The predicted molar refractivity (Wildman–Crippen MR) is 60.6 cm³/mol. The second kappa shape index (κ2) is 5.18. The van der Waals surface area contributed by atoms with E-state index in [-0.39, 0.29) is 0 Å². The predicted octanol–water partition coefficient (Wildman–Crippen LogP) is 3.71. The van der Waals surface area contributed by atoms with Crippen molar-refractivity contribution in [1.29, 1.82) is 0 Å². The summed E-state index contributed by atoms with van der Waals surface area (Å²) in [5.74, 6) is 1.82. The summed E-state index contributed by atoms with van der Waals surface area (Å²) in [4.78, 5) is 7.97. The van der Waals surface area contributed by atoms with Gasteiger partial charge in [-0.2, -0.15) is 0 Å². The minimum absolute atomic E-state index is 0.627. The second-order valence-electron chi connectivity index (χ2n) is 4.08. The van der Waals surface area contributed by atoms with Gasteiger partial charge >= 0.3 is 0 Å². The van der Waals surface area contributed by atoms with Gasteiger partial charge in [0.05, 0.1) is 5.69 Å². The van der Waals surface area contributed by atoms with Gasteiger partial charge in [0.25, 0.3) is 0 Å². The Labute approximate surface area is 87.1 Å². The SMILES string of the molecule is CCCCC(CC)c1nc(C)c(C)[nH]1. The van der Waals surface area contributed by atoms with Gasteiger partial charge in [0.2, 0.25) is 0 Å². The third kappa shape index (κ3) is 2.60. The van der Waals surface area contributed by atoms with E-state index in [0.717, 1.165) is 5.69 Å². The highest BCUT2D eigenvalue weighted by Crippen LogP contribution is 2.23. The van der Waals surface area contributed by atoms with Crippen molar-refractivity contribution in [2.24, 2.45) is 0 Å². The number of rotatable bonds is 5. The van der Waals surface area contributed by atoms with Crippen molar-refractivity contribution in [3.8, 4) is 0 Å². The molecule has 0 saturated heterocycles. The van der Waals surface area contributed by atoms with Gasteiger partial charge in [0.1, 0.15) is 5.82 Å². The molecule has 2 heteroatoms. The summed E-state index contributed by atoms with van der Waals surface area (Å²) in [6.45, 7) is 8.65. The lowest BCUT2D eigenvalue weighted by Crippen LogP contribution is -1.99. The van der Waals surface area contributed by atoms with Crippen LogP contribution in [0.1, 0.15) is 62.7 Å². The molecule has 0 amide bonds. The third-order valence-corrected chi connectivity index (χ3v) is 2.93. The fourth-order valence-electron chi connectivity index (χ4n) is 1.75. The number of H-pyrrole nitrogens is 1. The van der Waals surface area contributed by atoms with Gasteiger partial charge in [0, 0.05) is 11.6 Å². The smallest absolute Gasteiger partial charge is 0.109 e. The number of unbranched alkanes of at least 4 members (excludes halogenated alkanes) is 1. The fraction of sp³-hybridized carbons (Fsp3) is 0.750. The van der Waals surface area contributed by atoms with Crippen molar-refractivity contribution < 1.29 is 0 Å². The van der Waals surface area contributed by atoms with E-state index >= 15 is 0 Å². The number of nitrogens with one attached hydrogen (secondary N) is 1. The van der Waals surface area contributed by atoms with Gasteiger partial charge in [-0.1, -0.05) is 26.7 Å². The molecule has 80 valence electrons. The van der Waals surface area contributed by atoms with Crippen molar-refractivity contribution >= 4 is 0 Å². The van der Waals surface area contributed by atoms with Crippen molar-refractivity contribution in [3.63, 3.8) is 0 Å². The maximum Gasteiger partial charge on any atom is 0.109 e. The average Bonchev–Trinajstić information content (AvgIpc) is 2.48. The van der Waals surface area contributed by atoms with Crippen LogP contribution in [-0.4, -0.2) is 9.97 Å². The molecule has 0 saturated carbocycles. The summed E-state index contributed by atoms with van der Waals surface area (Å²) >= 11 is 0. The number of aromatic amines is 1. The van der Waals surface area contributed by atoms with Crippen molar-refractivity contribution in [2.75, 3.05) is 0 Å². The van der Waals surface area contributed by atoms with Crippen LogP contribution in [0.3, 0.4) is 0 Å². The molecule has 1 aromatic heterocycles. The van der Waals surface area contributed by atoms with E-state index in [9.17, 15) is 0 Å². The van der Waals surface area contributed by atoms with E-state index in [1.807, 2.05) is 0 Å². The quantitative estimate of drug-likeness (QED) is 0.760. The highest BCUT2D eigenvalue weighted by molar-refractivity contribution is 5.13. The van der Waals surface area contributed by atoms with Crippen molar-refractivity contribution in [3.05, 3.63) is 17.2 Å². The maximum atomic E-state index is 4.58. The van der Waals surface area contributed by atoms with E-state index in [2.05, 4.69) is 37.7 Å². The molecule has 0 bridgehead atoms. The van der Waals surface area contributed by atoms with Gasteiger partial charge in [0.15, 0.2) is 0 Å². The fourth-order valence-corrected chi connectivity index (χ4v) is 1.75. The minimum Gasteiger partial charge on any atom is -0.346 e. The van der Waals surface area contributed by atoms with Gasteiger partial charge < -0.3 is 4.98 Å². The Morgan fingerprint density at radius 3 is 2.43 bits per heavy atom. The topological polar surface area (TPSA) is 28.7 Å². The first-order chi connectivity index (χ1) is 6.69. The molecule has 0 aliphatic rings. The molecular formula is C12H22N2. The van der Waals surface area contributed by atoms with Gasteiger partial charge in [-0.3, -0.25) is 0 Å². The Hall–Kier alpha value is -0.790. The monoisotopic (exact) mass is 194 g/mol. The zero-order valence-corrected chi connectivity index (χ0v) is 9.85.